The van der Waals surface area contributed by atoms with Gasteiger partial charge in [-0.1, -0.05) is 0 Å². The Morgan fingerprint density at radius 2 is 1.81 bits per heavy atom. The third-order valence-corrected chi connectivity index (χ3v) is 4.18. The summed E-state index contributed by atoms with van der Waals surface area (Å²) in [5.74, 6) is -2.48. The molecule has 0 fully saturated rings. The predicted octanol–water partition coefficient (Wildman–Crippen LogP) is 2.61. The molecule has 0 saturated carbocycles. The van der Waals surface area contributed by atoms with E-state index in [2.05, 4.69) is 5.32 Å². The number of aryl methyl sites for hydroxylation is 1. The number of anilines is 1. The highest BCUT2D eigenvalue weighted by molar-refractivity contribution is 7.16. The molecule has 0 spiro atoms. The first-order valence-corrected chi connectivity index (χ1v) is 6.73. The van der Waals surface area contributed by atoms with Crippen molar-refractivity contribution < 1.29 is 20.1 Å². The van der Waals surface area contributed by atoms with Crippen LogP contribution in [0.4, 0.5) is 5.00 Å². The highest BCUT2D eigenvalue weighted by Gasteiger charge is 2.18. The van der Waals surface area contributed by atoms with Crippen LogP contribution in [0.15, 0.2) is 12.1 Å². The molecule has 6 nitrogen and oxygen atoms in total. The Hall–Kier alpha value is -2.72. The van der Waals surface area contributed by atoms with Crippen LogP contribution in [0.3, 0.4) is 0 Å². The quantitative estimate of drug-likeness (QED) is 0.637. The molecule has 1 aromatic carbocycles. The van der Waals surface area contributed by atoms with E-state index in [1.54, 1.807) is 6.92 Å². The zero-order valence-electron chi connectivity index (χ0n) is 11.3. The summed E-state index contributed by atoms with van der Waals surface area (Å²) >= 11 is 1.27. The van der Waals surface area contributed by atoms with Crippen molar-refractivity contribution in [3.8, 4) is 23.3 Å². The number of aromatic hydroxyl groups is 3. The second kappa shape index (κ2) is 5.34. The molecule has 2 aromatic rings. The van der Waals surface area contributed by atoms with Gasteiger partial charge < -0.3 is 20.6 Å². The van der Waals surface area contributed by atoms with Crippen molar-refractivity contribution >= 4 is 22.2 Å². The molecule has 0 aliphatic rings. The molecule has 7 heteroatoms. The number of thiophene rings is 1. The molecular formula is C14H12N2O4S. The normalized spacial score (nSPS) is 10.1. The fourth-order valence-electron chi connectivity index (χ4n) is 1.76. The Morgan fingerprint density at radius 3 is 2.33 bits per heavy atom. The Kier molecular flexibility index (Phi) is 3.74. The SMILES string of the molecule is Cc1sc(NC(=O)c2cc(O)c(O)c(O)c2)c(C#N)c1C. The number of rotatable bonds is 2. The third kappa shape index (κ3) is 2.61. The lowest BCUT2D eigenvalue weighted by Crippen LogP contribution is -2.11. The van der Waals surface area contributed by atoms with Crippen molar-refractivity contribution in [3.05, 3.63) is 33.7 Å². The van der Waals surface area contributed by atoms with Crippen LogP contribution >= 0.6 is 11.3 Å². The Labute approximate surface area is 124 Å². The van der Waals surface area contributed by atoms with Crippen molar-refractivity contribution in [2.45, 2.75) is 13.8 Å². The summed E-state index contributed by atoms with van der Waals surface area (Å²) in [7, 11) is 0. The van der Waals surface area contributed by atoms with Crippen molar-refractivity contribution in [1.29, 1.82) is 5.26 Å². The number of hydrogen-bond acceptors (Lipinski definition) is 6. The number of carbonyl (C=O) groups is 1. The molecule has 1 aromatic heterocycles. The molecule has 0 aliphatic carbocycles. The summed E-state index contributed by atoms with van der Waals surface area (Å²) in [6, 6.07) is 4.09. The monoisotopic (exact) mass is 304 g/mol. The smallest absolute Gasteiger partial charge is 0.256 e. The van der Waals surface area contributed by atoms with Crippen LogP contribution in [0.25, 0.3) is 0 Å². The van der Waals surface area contributed by atoms with Crippen LogP contribution in [0.2, 0.25) is 0 Å². The standard InChI is InChI=1S/C14H12N2O4S/c1-6-7(2)21-14(9(6)5-15)16-13(20)8-3-10(17)12(19)11(18)4-8/h3-4,17-19H,1-2H3,(H,16,20). The van der Waals surface area contributed by atoms with Gasteiger partial charge >= 0.3 is 0 Å². The van der Waals surface area contributed by atoms with Crippen LogP contribution in [0.5, 0.6) is 17.2 Å². The first-order valence-electron chi connectivity index (χ1n) is 5.91. The Morgan fingerprint density at radius 1 is 1.24 bits per heavy atom. The van der Waals surface area contributed by atoms with Crippen LogP contribution in [-0.4, -0.2) is 21.2 Å². The average Bonchev–Trinajstić information content (AvgIpc) is 2.70. The summed E-state index contributed by atoms with van der Waals surface area (Å²) in [6.45, 7) is 3.63. The summed E-state index contributed by atoms with van der Waals surface area (Å²) in [5.41, 5.74) is 1.16. The molecule has 4 N–H and O–H groups in total. The van der Waals surface area contributed by atoms with E-state index in [1.165, 1.54) is 11.3 Å². The van der Waals surface area contributed by atoms with Crippen LogP contribution < -0.4 is 5.32 Å². The van der Waals surface area contributed by atoms with E-state index in [0.717, 1.165) is 22.6 Å². The number of phenols is 3. The molecule has 0 aliphatic heterocycles. The zero-order valence-corrected chi connectivity index (χ0v) is 12.1. The molecule has 1 amide bonds. The maximum atomic E-state index is 12.1. The van der Waals surface area contributed by atoms with Gasteiger partial charge in [0.05, 0.1) is 5.56 Å². The number of phenolic OH excluding ortho intramolecular Hbond substituents is 3. The van der Waals surface area contributed by atoms with Crippen LogP contribution in [0, 0.1) is 25.2 Å². The van der Waals surface area contributed by atoms with Gasteiger partial charge in [0.15, 0.2) is 17.2 Å². The molecule has 21 heavy (non-hydrogen) atoms. The van der Waals surface area contributed by atoms with E-state index in [4.69, 9.17) is 5.26 Å². The van der Waals surface area contributed by atoms with E-state index in [0.29, 0.717) is 10.6 Å². The lowest BCUT2D eigenvalue weighted by atomic mass is 10.1. The molecular weight excluding hydrogens is 292 g/mol. The van der Waals surface area contributed by atoms with Gasteiger partial charge in [0, 0.05) is 10.4 Å². The predicted molar refractivity (Wildman–Crippen MR) is 77.9 cm³/mol. The minimum Gasteiger partial charge on any atom is -0.504 e. The van der Waals surface area contributed by atoms with E-state index >= 15 is 0 Å². The van der Waals surface area contributed by atoms with Gasteiger partial charge in [-0.25, -0.2) is 0 Å². The Bertz CT molecular complexity index is 751. The number of nitrogens with one attached hydrogen (secondary N) is 1. The van der Waals surface area contributed by atoms with Crippen molar-refractivity contribution in [3.63, 3.8) is 0 Å². The fraction of sp³-hybridized carbons (Fsp3) is 0.143. The maximum Gasteiger partial charge on any atom is 0.256 e. The minimum absolute atomic E-state index is 0.0320. The number of carbonyl (C=O) groups excluding carboxylic acids is 1. The van der Waals surface area contributed by atoms with E-state index in [-0.39, 0.29) is 5.56 Å². The fourth-order valence-corrected chi connectivity index (χ4v) is 2.77. The van der Waals surface area contributed by atoms with Gasteiger partial charge in [-0.3, -0.25) is 4.79 Å². The molecule has 0 bridgehead atoms. The summed E-state index contributed by atoms with van der Waals surface area (Å²) in [4.78, 5) is 13.0. The topological polar surface area (TPSA) is 114 Å². The van der Waals surface area contributed by atoms with E-state index < -0.39 is 23.2 Å². The summed E-state index contributed by atoms with van der Waals surface area (Å²) < 4.78 is 0. The molecule has 1 heterocycles. The van der Waals surface area contributed by atoms with Gasteiger partial charge in [0.25, 0.3) is 5.91 Å². The number of hydrogen-bond donors (Lipinski definition) is 4. The molecule has 108 valence electrons. The van der Waals surface area contributed by atoms with Crippen LogP contribution in [-0.2, 0) is 0 Å². The van der Waals surface area contributed by atoms with Gasteiger partial charge in [0.2, 0.25) is 0 Å². The van der Waals surface area contributed by atoms with E-state index in [1.807, 2.05) is 13.0 Å². The van der Waals surface area contributed by atoms with Gasteiger partial charge in [0.1, 0.15) is 11.1 Å². The first-order chi connectivity index (χ1) is 9.85. The van der Waals surface area contributed by atoms with Crippen LogP contribution in [0.1, 0.15) is 26.4 Å². The lowest BCUT2D eigenvalue weighted by Gasteiger charge is -2.06. The van der Waals surface area contributed by atoms with E-state index in [9.17, 15) is 20.1 Å². The second-order valence-corrected chi connectivity index (χ2v) is 5.64. The summed E-state index contributed by atoms with van der Waals surface area (Å²) in [5, 5.41) is 40.1. The van der Waals surface area contributed by atoms with Gasteiger partial charge in [-0.05, 0) is 31.5 Å². The van der Waals surface area contributed by atoms with Crippen molar-refractivity contribution in [2.24, 2.45) is 0 Å². The second-order valence-electron chi connectivity index (χ2n) is 4.42. The average molecular weight is 304 g/mol. The van der Waals surface area contributed by atoms with Gasteiger partial charge in [-0.2, -0.15) is 5.26 Å². The van der Waals surface area contributed by atoms with Crippen molar-refractivity contribution in [2.75, 3.05) is 5.32 Å². The van der Waals surface area contributed by atoms with Gasteiger partial charge in [-0.15, -0.1) is 11.3 Å². The Balaban J connectivity index is 2.35. The number of nitriles is 1. The highest BCUT2D eigenvalue weighted by atomic mass is 32.1. The molecule has 0 atom stereocenters. The maximum absolute atomic E-state index is 12.1. The summed E-state index contributed by atoms with van der Waals surface area (Å²) in [6.07, 6.45) is 0. The third-order valence-electron chi connectivity index (χ3n) is 3.06. The lowest BCUT2D eigenvalue weighted by molar-refractivity contribution is 0.102. The molecule has 0 saturated heterocycles. The molecule has 0 unspecified atom stereocenters. The highest BCUT2D eigenvalue weighted by Crippen LogP contribution is 2.36. The number of nitrogens with zero attached hydrogens (tertiary/aromatic N) is 1. The number of amides is 1. The van der Waals surface area contributed by atoms with Crippen molar-refractivity contribution in [1.82, 2.24) is 0 Å². The number of benzene rings is 1. The zero-order chi connectivity index (χ0) is 15.7. The largest absolute Gasteiger partial charge is 0.504 e. The molecule has 0 radical (unpaired) electrons. The molecule has 2 rings (SSSR count). The first kappa shape index (κ1) is 14.7. The minimum atomic E-state index is -0.688.